The van der Waals surface area contributed by atoms with E-state index in [9.17, 15) is 26.3 Å². The molecule has 2 aromatic heterocycles. The maximum absolute atomic E-state index is 10.6. The van der Waals surface area contributed by atoms with E-state index in [4.69, 9.17) is 34.0 Å². The second-order valence-electron chi connectivity index (χ2n) is 7.76. The summed E-state index contributed by atoms with van der Waals surface area (Å²) in [6.45, 7) is 3.02. The van der Waals surface area contributed by atoms with E-state index in [1.165, 1.54) is 6.33 Å². The van der Waals surface area contributed by atoms with Gasteiger partial charge in [-0.05, 0) is 12.5 Å². The van der Waals surface area contributed by atoms with Crippen molar-refractivity contribution in [1.82, 2.24) is 15.0 Å². The zero-order valence-corrected chi connectivity index (χ0v) is 19.6. The first kappa shape index (κ1) is 30.3. The van der Waals surface area contributed by atoms with Crippen LogP contribution in [0.4, 0.5) is 32.2 Å². The minimum Gasteiger partial charge on any atom is -0.481 e. The Hall–Kier alpha value is -3.89. The lowest BCUT2D eigenvalue weighted by Gasteiger charge is -2.50. The number of rotatable bonds is 5. The van der Waals surface area contributed by atoms with Gasteiger partial charge in [0.25, 0.3) is 0 Å². The lowest BCUT2D eigenvalue weighted by Crippen LogP contribution is -2.65. The van der Waals surface area contributed by atoms with E-state index in [2.05, 4.69) is 19.9 Å². The smallest absolute Gasteiger partial charge is 0.481 e. The number of pyridine rings is 1. The maximum Gasteiger partial charge on any atom is 0.490 e. The number of aliphatic carboxylic acids is 2. The summed E-state index contributed by atoms with van der Waals surface area (Å²) >= 11 is 0. The van der Waals surface area contributed by atoms with Gasteiger partial charge in [0.05, 0.1) is 26.8 Å². The van der Waals surface area contributed by atoms with Crippen molar-refractivity contribution in [1.29, 1.82) is 0 Å². The molecule has 0 aromatic carbocycles. The average molecular weight is 556 g/mol. The molecule has 4 rings (SSSR count). The Labute approximate surface area is 211 Å². The lowest BCUT2D eigenvalue weighted by molar-refractivity contribution is -0.193. The van der Waals surface area contributed by atoms with Gasteiger partial charge >= 0.3 is 24.3 Å². The van der Waals surface area contributed by atoms with Crippen molar-refractivity contribution in [2.75, 3.05) is 38.3 Å². The monoisotopic (exact) mass is 556 g/mol. The predicted molar refractivity (Wildman–Crippen MR) is 115 cm³/mol. The van der Waals surface area contributed by atoms with E-state index >= 15 is 0 Å². The van der Waals surface area contributed by atoms with E-state index in [1.807, 2.05) is 24.3 Å². The average Bonchev–Trinajstić information content (AvgIpc) is 3.26. The Morgan fingerprint density at radius 1 is 1.05 bits per heavy atom. The normalized spacial score (nSPS) is 17.8. The number of alkyl halides is 6. The molecule has 2 aromatic rings. The molecule has 0 saturated carbocycles. The first-order valence-electron chi connectivity index (χ1n) is 10.6. The molecule has 2 aliphatic heterocycles. The van der Waals surface area contributed by atoms with Crippen LogP contribution in [0.1, 0.15) is 6.42 Å². The van der Waals surface area contributed by atoms with Gasteiger partial charge in [0.1, 0.15) is 17.7 Å². The molecule has 1 unspecified atom stereocenters. The second-order valence-corrected chi connectivity index (χ2v) is 7.76. The van der Waals surface area contributed by atoms with Crippen LogP contribution in [0.3, 0.4) is 0 Å². The molecule has 11 nitrogen and oxygen atoms in total. The molecule has 2 aliphatic rings. The fourth-order valence-electron chi connectivity index (χ4n) is 3.36. The molecular formula is C21H22F6N4O7. The lowest BCUT2D eigenvalue weighted by atomic mass is 9.81. The quantitative estimate of drug-likeness (QED) is 0.525. The maximum atomic E-state index is 10.6. The predicted octanol–water partition coefficient (Wildman–Crippen LogP) is 2.82. The Morgan fingerprint density at radius 3 is 2.16 bits per heavy atom. The largest absolute Gasteiger partial charge is 0.490 e. The third kappa shape index (κ3) is 8.60. The molecule has 2 saturated heterocycles. The molecule has 4 heterocycles. The Balaban J connectivity index is 0.000000301. The molecule has 0 radical (unpaired) electrons. The minimum absolute atomic E-state index is 0.146. The van der Waals surface area contributed by atoms with Gasteiger partial charge in [-0.3, -0.25) is 0 Å². The molecule has 2 fully saturated rings. The van der Waals surface area contributed by atoms with Gasteiger partial charge in [0, 0.05) is 30.9 Å². The molecule has 17 heteroatoms. The number of halogens is 6. The molecule has 0 amide bonds. The molecule has 2 N–H and O–H groups in total. The summed E-state index contributed by atoms with van der Waals surface area (Å²) in [5.41, 5.74) is -0.146. The summed E-state index contributed by atoms with van der Waals surface area (Å²) in [6.07, 6.45) is -5.89. The highest BCUT2D eigenvalue weighted by atomic mass is 19.4. The van der Waals surface area contributed by atoms with E-state index in [0.29, 0.717) is 24.3 Å². The number of carboxylic acid groups (broad SMARTS) is 2. The van der Waals surface area contributed by atoms with Crippen molar-refractivity contribution in [3.63, 3.8) is 0 Å². The van der Waals surface area contributed by atoms with Gasteiger partial charge < -0.3 is 29.3 Å². The highest BCUT2D eigenvalue weighted by molar-refractivity contribution is 5.73. The summed E-state index contributed by atoms with van der Waals surface area (Å²) in [5, 5.41) is 14.2. The molecular weight excluding hydrogens is 534 g/mol. The van der Waals surface area contributed by atoms with Gasteiger partial charge in [-0.2, -0.15) is 26.3 Å². The Morgan fingerprint density at radius 2 is 1.66 bits per heavy atom. The van der Waals surface area contributed by atoms with Gasteiger partial charge in [0.15, 0.2) is 0 Å². The molecule has 0 bridgehead atoms. The molecule has 1 spiro atoms. The van der Waals surface area contributed by atoms with Crippen LogP contribution in [-0.2, 0) is 14.3 Å². The number of carbonyl (C=O) groups is 2. The van der Waals surface area contributed by atoms with Crippen LogP contribution in [0, 0.1) is 5.92 Å². The van der Waals surface area contributed by atoms with Gasteiger partial charge in [-0.15, -0.1) is 0 Å². The summed E-state index contributed by atoms with van der Waals surface area (Å²) in [5.74, 6) is -3.05. The topological polar surface area (TPSA) is 144 Å². The summed E-state index contributed by atoms with van der Waals surface area (Å²) < 4.78 is 80.5. The van der Waals surface area contributed by atoms with Crippen LogP contribution in [0.15, 0.2) is 36.8 Å². The first-order valence-corrected chi connectivity index (χ1v) is 10.6. The number of nitrogens with zero attached hydrogens (tertiary/aromatic N) is 4. The number of anilines is 1. The van der Waals surface area contributed by atoms with Gasteiger partial charge in [-0.25, -0.2) is 24.5 Å². The van der Waals surface area contributed by atoms with E-state index in [0.717, 1.165) is 31.9 Å². The van der Waals surface area contributed by atoms with Crippen molar-refractivity contribution in [2.45, 2.75) is 24.4 Å². The third-order valence-electron chi connectivity index (χ3n) is 5.23. The van der Waals surface area contributed by atoms with Crippen LogP contribution in [0.5, 0.6) is 11.8 Å². The molecule has 210 valence electrons. The number of hydrogen-bond acceptors (Lipinski definition) is 9. The fraction of sp³-hybridized carbons (Fsp3) is 0.476. The standard InChI is InChI=1S/C17H20N4O3.2C2HF3O2/c1-22-16-8-14(19-12-20-16)21-10-17(11-21)13(5-7-24-17)9-23-15-4-2-3-6-18-15;2*3-2(4,5)1(6)7/h2-4,6,8,12-13H,5,7,9-11H2,1H3;2*(H,6,7). The summed E-state index contributed by atoms with van der Waals surface area (Å²) in [7, 11) is 1.61. The highest BCUT2D eigenvalue weighted by Crippen LogP contribution is 2.41. The van der Waals surface area contributed by atoms with Crippen molar-refractivity contribution >= 4 is 17.8 Å². The van der Waals surface area contributed by atoms with Crippen LogP contribution in [-0.4, -0.2) is 88.5 Å². The summed E-state index contributed by atoms with van der Waals surface area (Å²) in [6, 6.07) is 7.54. The Bertz CT molecular complexity index is 1040. The van der Waals surface area contributed by atoms with E-state index in [1.54, 1.807) is 13.3 Å². The second kappa shape index (κ2) is 12.6. The van der Waals surface area contributed by atoms with Crippen LogP contribution in [0.25, 0.3) is 0 Å². The van der Waals surface area contributed by atoms with E-state index < -0.39 is 24.3 Å². The highest BCUT2D eigenvalue weighted by Gasteiger charge is 2.54. The third-order valence-corrected chi connectivity index (χ3v) is 5.23. The zero-order chi connectivity index (χ0) is 28.6. The SMILES string of the molecule is COc1cc(N2CC3(C2)OCCC3COc2ccccn2)ncn1.O=C(O)C(F)(F)F.O=C(O)C(F)(F)F. The fourth-order valence-corrected chi connectivity index (χ4v) is 3.36. The minimum atomic E-state index is -5.08. The zero-order valence-electron chi connectivity index (χ0n) is 19.6. The summed E-state index contributed by atoms with van der Waals surface area (Å²) in [4.78, 5) is 32.6. The molecule has 38 heavy (non-hydrogen) atoms. The first-order chi connectivity index (χ1) is 17.7. The number of carboxylic acids is 2. The number of ether oxygens (including phenoxy) is 3. The van der Waals surface area contributed by atoms with Crippen LogP contribution >= 0.6 is 0 Å². The van der Waals surface area contributed by atoms with Crippen LogP contribution in [0.2, 0.25) is 0 Å². The van der Waals surface area contributed by atoms with Crippen molar-refractivity contribution in [3.8, 4) is 11.8 Å². The van der Waals surface area contributed by atoms with Gasteiger partial charge in [-0.1, -0.05) is 6.07 Å². The Kier molecular flexibility index (Phi) is 10.0. The van der Waals surface area contributed by atoms with Gasteiger partial charge in [0.2, 0.25) is 11.8 Å². The van der Waals surface area contributed by atoms with E-state index in [-0.39, 0.29) is 5.60 Å². The number of aromatic nitrogens is 3. The molecule has 1 atom stereocenters. The van der Waals surface area contributed by atoms with Crippen molar-refractivity contribution < 1.29 is 60.4 Å². The number of hydrogen-bond donors (Lipinski definition) is 2. The molecule has 0 aliphatic carbocycles. The van der Waals surface area contributed by atoms with Crippen molar-refractivity contribution in [2.24, 2.45) is 5.92 Å². The van der Waals surface area contributed by atoms with Crippen LogP contribution < -0.4 is 14.4 Å². The number of methoxy groups -OCH3 is 1. The van der Waals surface area contributed by atoms with Crippen molar-refractivity contribution in [3.05, 3.63) is 36.8 Å².